The fraction of sp³-hybridized carbons (Fsp3) is 0. The van der Waals surface area contributed by atoms with Gasteiger partial charge in [0.2, 0.25) is 0 Å². The molecule has 14 heavy (non-hydrogen) atoms. The topological polar surface area (TPSA) is 338 Å². The number of rotatable bonds is 0. The number of phosphoric acid groups is 1. The van der Waals surface area contributed by atoms with Gasteiger partial charge >= 0.3 is 23.1 Å². The molecule has 0 unspecified atom stereocenters. The first-order valence-electron chi connectivity index (χ1n) is 0.730. The van der Waals surface area contributed by atoms with Crippen LogP contribution >= 0.6 is 7.82 Å². The fourth-order valence-electron chi connectivity index (χ4n) is 0. The summed E-state index contributed by atoms with van der Waals surface area (Å²) >= 11 is 0. The minimum absolute atomic E-state index is 0. The zero-order valence-electron chi connectivity index (χ0n) is 6.79. The van der Waals surface area contributed by atoms with E-state index in [9.17, 15) is 0 Å². The summed E-state index contributed by atoms with van der Waals surface area (Å²) in [6.45, 7) is 0. The summed E-state index contributed by atoms with van der Waals surface area (Å²) in [4.78, 5) is 25.6. The average molecular weight is 263 g/mol. The molecule has 0 heterocycles. The van der Waals surface area contributed by atoms with Crippen molar-refractivity contribution in [2.24, 2.45) is 0 Å². The minimum atomic E-state index is -5.39. The molecule has 12 nitrogen and oxygen atoms in total. The summed E-state index contributed by atoms with van der Waals surface area (Å²) in [6, 6.07) is 0. The summed E-state index contributed by atoms with van der Waals surface area (Å²) in [5.41, 5.74) is 0. The van der Waals surface area contributed by atoms with Gasteiger partial charge in [-0.05, 0) is 0 Å². The molecule has 0 aliphatic carbocycles. The molecule has 0 aliphatic rings. The molecule has 0 radical (unpaired) electrons. The van der Waals surface area contributed by atoms with Crippen LogP contribution in [0.3, 0.4) is 0 Å². The molecular formula is H16MgO12P-. The Balaban J connectivity index is -0.00000000222. The van der Waals surface area contributed by atoms with Crippen LogP contribution in [0.4, 0.5) is 0 Å². The van der Waals surface area contributed by atoms with Crippen molar-refractivity contribution in [3.05, 3.63) is 0 Å². The van der Waals surface area contributed by atoms with Crippen molar-refractivity contribution in [3.8, 4) is 0 Å². The van der Waals surface area contributed by atoms with Gasteiger partial charge in [0.25, 0.3) is 0 Å². The van der Waals surface area contributed by atoms with E-state index in [-0.39, 0.29) is 66.9 Å². The third-order valence-electron chi connectivity index (χ3n) is 0. The van der Waals surface area contributed by atoms with E-state index < -0.39 is 7.82 Å². The van der Waals surface area contributed by atoms with E-state index in [0.29, 0.717) is 0 Å². The van der Waals surface area contributed by atoms with Crippen molar-refractivity contribution in [2.45, 2.75) is 0 Å². The molecule has 0 aromatic rings. The molecular weight excluding hydrogens is 247 g/mol. The third-order valence-corrected chi connectivity index (χ3v) is 0. The van der Waals surface area contributed by atoms with Crippen molar-refractivity contribution in [1.82, 2.24) is 0 Å². The molecule has 14 heteroatoms. The van der Waals surface area contributed by atoms with E-state index in [1.807, 2.05) is 0 Å². The summed E-state index contributed by atoms with van der Waals surface area (Å²) < 4.78 is 8.55. The molecule has 16 N–H and O–H groups in total. The summed E-state index contributed by atoms with van der Waals surface area (Å²) in [5.74, 6) is 0. The van der Waals surface area contributed by atoms with Crippen molar-refractivity contribution in [2.75, 3.05) is 0 Å². The first-order chi connectivity index (χ1) is 2.00. The van der Waals surface area contributed by atoms with Gasteiger partial charge in [-0.15, -0.1) is 0 Å². The Hall–Kier alpha value is 0.556. The fourth-order valence-corrected chi connectivity index (χ4v) is 0. The van der Waals surface area contributed by atoms with Crippen LogP contribution in [-0.4, -0.2) is 66.9 Å². The summed E-state index contributed by atoms with van der Waals surface area (Å²) in [6.07, 6.45) is 0. The molecule has 0 bridgehead atoms. The molecule has 0 spiro atoms. The largest absolute Gasteiger partial charge is 2.00 e. The van der Waals surface area contributed by atoms with Crippen molar-refractivity contribution < 1.29 is 63.1 Å². The third kappa shape index (κ3) is 5420. The maximum atomic E-state index is 8.55. The van der Waals surface area contributed by atoms with Gasteiger partial charge in [0.1, 0.15) is 0 Å². The Labute approximate surface area is 94.4 Å². The van der Waals surface area contributed by atoms with Crippen LogP contribution in [0.25, 0.3) is 0 Å². The molecule has 0 amide bonds. The van der Waals surface area contributed by atoms with E-state index in [2.05, 4.69) is 0 Å². The van der Waals surface area contributed by atoms with Gasteiger partial charge < -0.3 is 63.1 Å². The van der Waals surface area contributed by atoms with Gasteiger partial charge in [-0.1, -0.05) is 0 Å². The molecule has 0 aromatic carbocycles. The van der Waals surface area contributed by atoms with Crippen molar-refractivity contribution in [1.29, 1.82) is 0 Å². The molecule has 0 saturated heterocycles. The molecule has 0 atom stereocenters. The average Bonchev–Trinajstić information content (AvgIpc) is 0.722. The monoisotopic (exact) mass is 263 g/mol. The predicted octanol–water partition coefficient (Wildman–Crippen LogP) is -9.80. The molecule has 0 rings (SSSR count). The molecule has 0 fully saturated rings. The Morgan fingerprint density at radius 1 is 0.571 bits per heavy atom. The van der Waals surface area contributed by atoms with Crippen LogP contribution in [0.15, 0.2) is 0 Å². The van der Waals surface area contributed by atoms with E-state index in [1.165, 1.54) is 0 Å². The Bertz CT molecular complexity index is 56.5. The maximum absolute atomic E-state index is 8.55. The van der Waals surface area contributed by atoms with E-state index in [4.69, 9.17) is 19.2 Å². The zero-order valence-corrected chi connectivity index (χ0v) is 9.10. The van der Waals surface area contributed by atoms with Gasteiger partial charge in [-0.2, -0.15) is 7.82 Å². The second-order valence-electron chi connectivity index (χ2n) is 0.447. The standard InChI is InChI=1S/Mg.H3O4P.8H2O/c;1-5(2,3)4;;;;;;;;/h;(H3,1,2,3,4);8*1H2/q+2;;;;;;;;;/p-3. The van der Waals surface area contributed by atoms with Gasteiger partial charge in [-0.3, -0.25) is 0 Å². The number of hydrogen-bond acceptors (Lipinski definition) is 4. The predicted molar refractivity (Wildman–Crippen MR) is 42.3 cm³/mol. The smallest absolute Gasteiger partial charge is 0.822 e. The van der Waals surface area contributed by atoms with Crippen LogP contribution in [0.2, 0.25) is 0 Å². The SMILES string of the molecule is O.O.O.O.O.O.O.O.O=P([O-])([O-])[O-].[Mg+2]. The number of hydrogen-bond donors (Lipinski definition) is 0. The maximum Gasteiger partial charge on any atom is 2.00 e. The van der Waals surface area contributed by atoms with Crippen LogP contribution < -0.4 is 14.7 Å². The van der Waals surface area contributed by atoms with Crippen LogP contribution in [-0.2, 0) is 4.57 Å². The second-order valence-corrected chi connectivity index (χ2v) is 1.34. The van der Waals surface area contributed by atoms with Crippen molar-refractivity contribution >= 4 is 30.9 Å². The molecule has 0 aliphatic heterocycles. The van der Waals surface area contributed by atoms with Crippen LogP contribution in [0.1, 0.15) is 0 Å². The summed E-state index contributed by atoms with van der Waals surface area (Å²) in [5, 5.41) is 0. The van der Waals surface area contributed by atoms with Crippen LogP contribution in [0.5, 0.6) is 0 Å². The van der Waals surface area contributed by atoms with Crippen LogP contribution in [0, 0.1) is 0 Å². The van der Waals surface area contributed by atoms with Gasteiger partial charge in [0.15, 0.2) is 0 Å². The zero-order chi connectivity index (χ0) is 4.50. The first-order valence-corrected chi connectivity index (χ1v) is 2.19. The molecule has 0 aromatic heterocycles. The van der Waals surface area contributed by atoms with E-state index in [1.54, 1.807) is 0 Å². The normalized spacial score (nSPS) is 4.21. The summed E-state index contributed by atoms with van der Waals surface area (Å²) in [7, 11) is -5.39. The Kier molecular flexibility index (Phi) is 458. The van der Waals surface area contributed by atoms with Gasteiger partial charge in [0.05, 0.1) is 0 Å². The Morgan fingerprint density at radius 3 is 0.571 bits per heavy atom. The van der Waals surface area contributed by atoms with Gasteiger partial charge in [0, 0.05) is 0 Å². The quantitative estimate of drug-likeness (QED) is 0.303. The molecule has 96 valence electrons. The van der Waals surface area contributed by atoms with Crippen molar-refractivity contribution in [3.63, 3.8) is 0 Å². The minimum Gasteiger partial charge on any atom is -0.822 e. The van der Waals surface area contributed by atoms with E-state index in [0.717, 1.165) is 0 Å². The first kappa shape index (κ1) is 129. The second kappa shape index (κ2) is 49.7. The van der Waals surface area contributed by atoms with E-state index >= 15 is 0 Å². The molecule has 0 saturated carbocycles. The van der Waals surface area contributed by atoms with Gasteiger partial charge in [-0.25, -0.2) is 0 Å². The Morgan fingerprint density at radius 2 is 0.571 bits per heavy atom.